The summed E-state index contributed by atoms with van der Waals surface area (Å²) in [6, 6.07) is 18.4. The second-order valence-electron chi connectivity index (χ2n) is 8.65. The van der Waals surface area contributed by atoms with Crippen molar-refractivity contribution in [1.29, 1.82) is 0 Å². The summed E-state index contributed by atoms with van der Waals surface area (Å²) in [6.45, 7) is 4.49. The van der Waals surface area contributed by atoms with Crippen LogP contribution in [0.1, 0.15) is 55.2 Å². The molecule has 2 aromatic carbocycles. The quantitative estimate of drug-likeness (QED) is 0.490. The van der Waals surface area contributed by atoms with Gasteiger partial charge in [-0.25, -0.2) is 4.79 Å². The van der Waals surface area contributed by atoms with Crippen LogP contribution in [0, 0.1) is 0 Å². The Morgan fingerprint density at radius 3 is 2.39 bits per heavy atom. The maximum absolute atomic E-state index is 13.6. The molecule has 0 saturated heterocycles. The highest BCUT2D eigenvalue weighted by Crippen LogP contribution is 2.45. The Labute approximate surface area is 195 Å². The predicted octanol–water partition coefficient (Wildman–Crippen LogP) is 4.80. The first-order chi connectivity index (χ1) is 16.0. The number of nitrogens with one attached hydrogen (secondary N) is 1. The van der Waals surface area contributed by atoms with Crippen molar-refractivity contribution in [1.82, 2.24) is 5.32 Å². The SMILES string of the molecule is CCc1ccc([C@@H]2C(C(=O)OCCOC)=C(C)NC3=C2C(=O)C[C@H](c2ccccc2)C3)cc1. The molecule has 0 bridgehead atoms. The Morgan fingerprint density at radius 1 is 1.00 bits per heavy atom. The molecule has 0 fully saturated rings. The van der Waals surface area contributed by atoms with E-state index in [4.69, 9.17) is 9.47 Å². The molecule has 0 aromatic heterocycles. The molecule has 0 saturated carbocycles. The summed E-state index contributed by atoms with van der Waals surface area (Å²) in [4.78, 5) is 26.7. The lowest BCUT2D eigenvalue weighted by Gasteiger charge is -2.36. The van der Waals surface area contributed by atoms with Crippen LogP contribution in [0.3, 0.4) is 0 Å². The second-order valence-corrected chi connectivity index (χ2v) is 8.65. The highest BCUT2D eigenvalue weighted by Gasteiger charge is 2.41. The Hall–Kier alpha value is -3.18. The smallest absolute Gasteiger partial charge is 0.336 e. The van der Waals surface area contributed by atoms with Crippen molar-refractivity contribution in [2.45, 2.75) is 44.9 Å². The van der Waals surface area contributed by atoms with Crippen LogP contribution in [-0.2, 0) is 25.5 Å². The van der Waals surface area contributed by atoms with Gasteiger partial charge >= 0.3 is 5.97 Å². The van der Waals surface area contributed by atoms with E-state index in [1.54, 1.807) is 7.11 Å². The molecule has 0 amide bonds. The Kier molecular flexibility index (Phi) is 7.09. The van der Waals surface area contributed by atoms with Gasteiger partial charge in [-0.15, -0.1) is 0 Å². The van der Waals surface area contributed by atoms with Crippen molar-refractivity contribution < 1.29 is 19.1 Å². The predicted molar refractivity (Wildman–Crippen MR) is 128 cm³/mol. The fraction of sp³-hybridized carbons (Fsp3) is 0.357. The number of carbonyl (C=O) groups is 2. The third-order valence-corrected chi connectivity index (χ3v) is 6.56. The van der Waals surface area contributed by atoms with Crippen LogP contribution in [0.4, 0.5) is 0 Å². The van der Waals surface area contributed by atoms with Gasteiger partial charge in [0.15, 0.2) is 5.78 Å². The molecule has 0 unspecified atom stereocenters. The number of ketones is 1. The minimum Gasteiger partial charge on any atom is -0.460 e. The van der Waals surface area contributed by atoms with Crippen LogP contribution in [0.25, 0.3) is 0 Å². The number of rotatable bonds is 7. The maximum atomic E-state index is 13.6. The lowest BCUT2D eigenvalue weighted by Crippen LogP contribution is -2.36. The van der Waals surface area contributed by atoms with Gasteiger partial charge in [-0.05, 0) is 42.4 Å². The number of methoxy groups -OCH3 is 1. The molecule has 4 rings (SSSR count). The molecule has 0 spiro atoms. The van der Waals surface area contributed by atoms with E-state index in [0.29, 0.717) is 24.2 Å². The van der Waals surface area contributed by atoms with Gasteiger partial charge in [-0.2, -0.15) is 0 Å². The number of Topliss-reactive ketones (excluding diaryl/α,β-unsaturated/α-hetero) is 1. The van der Waals surface area contributed by atoms with Gasteiger partial charge in [0.05, 0.1) is 12.2 Å². The third kappa shape index (κ3) is 4.79. The van der Waals surface area contributed by atoms with Crippen LogP contribution >= 0.6 is 0 Å². The minimum absolute atomic E-state index is 0.0804. The molecule has 2 aliphatic rings. The summed E-state index contributed by atoms with van der Waals surface area (Å²) in [5.74, 6) is -0.648. The summed E-state index contributed by atoms with van der Waals surface area (Å²) < 4.78 is 10.5. The topological polar surface area (TPSA) is 64.6 Å². The number of aryl methyl sites for hydroxylation is 1. The number of allylic oxidation sites excluding steroid dienone is 3. The van der Waals surface area contributed by atoms with Crippen molar-refractivity contribution in [3.8, 4) is 0 Å². The van der Waals surface area contributed by atoms with Gasteiger partial charge in [0, 0.05) is 36.4 Å². The van der Waals surface area contributed by atoms with Crippen LogP contribution < -0.4 is 5.32 Å². The summed E-state index contributed by atoms with van der Waals surface area (Å²) in [6.07, 6.45) is 2.09. The van der Waals surface area contributed by atoms with Crippen molar-refractivity contribution in [3.05, 3.63) is 93.8 Å². The number of hydrogen-bond acceptors (Lipinski definition) is 5. The molecular weight excluding hydrogens is 414 g/mol. The van der Waals surface area contributed by atoms with Gasteiger partial charge in [0.2, 0.25) is 0 Å². The zero-order valence-electron chi connectivity index (χ0n) is 19.5. The lowest BCUT2D eigenvalue weighted by atomic mass is 9.71. The molecular formula is C28H31NO4. The van der Waals surface area contributed by atoms with E-state index in [0.717, 1.165) is 35.4 Å². The van der Waals surface area contributed by atoms with E-state index in [2.05, 4.69) is 36.5 Å². The van der Waals surface area contributed by atoms with Gasteiger partial charge < -0.3 is 14.8 Å². The van der Waals surface area contributed by atoms with Crippen molar-refractivity contribution in [2.75, 3.05) is 20.3 Å². The summed E-state index contributed by atoms with van der Waals surface area (Å²) >= 11 is 0. The van der Waals surface area contributed by atoms with Crippen LogP contribution in [0.5, 0.6) is 0 Å². The lowest BCUT2D eigenvalue weighted by molar-refractivity contribution is -0.140. The average molecular weight is 446 g/mol. The summed E-state index contributed by atoms with van der Waals surface area (Å²) in [5.41, 5.74) is 6.15. The highest BCUT2D eigenvalue weighted by molar-refractivity contribution is 6.04. The summed E-state index contributed by atoms with van der Waals surface area (Å²) in [5, 5.41) is 3.40. The van der Waals surface area contributed by atoms with Gasteiger partial charge in [0.1, 0.15) is 6.61 Å². The van der Waals surface area contributed by atoms with Gasteiger partial charge in [-0.3, -0.25) is 4.79 Å². The summed E-state index contributed by atoms with van der Waals surface area (Å²) in [7, 11) is 1.57. The Bertz CT molecular complexity index is 1080. The number of carbonyl (C=O) groups excluding carboxylic acids is 2. The normalized spacial score (nSPS) is 20.4. The molecule has 172 valence electrons. The number of hydrogen-bond donors (Lipinski definition) is 1. The first kappa shape index (κ1) is 23.0. The monoisotopic (exact) mass is 445 g/mol. The second kappa shape index (κ2) is 10.2. The first-order valence-corrected chi connectivity index (χ1v) is 11.6. The number of esters is 1. The van der Waals surface area contributed by atoms with Crippen LogP contribution in [-0.4, -0.2) is 32.1 Å². The van der Waals surface area contributed by atoms with E-state index >= 15 is 0 Å². The molecule has 1 aliphatic heterocycles. The molecule has 33 heavy (non-hydrogen) atoms. The van der Waals surface area contributed by atoms with Crippen LogP contribution in [0.2, 0.25) is 0 Å². The molecule has 1 heterocycles. The van der Waals surface area contributed by atoms with Crippen molar-refractivity contribution >= 4 is 11.8 Å². The zero-order chi connectivity index (χ0) is 23.4. The molecule has 1 N–H and O–H groups in total. The standard InChI is InChI=1S/C28H31NO4/c1-4-19-10-12-21(13-11-19)26-25(28(31)33-15-14-32-3)18(2)29-23-16-22(17-24(30)27(23)26)20-8-6-5-7-9-20/h5-13,22,26,29H,4,14-17H2,1-3H3/t22-,26-/m1/s1. The van der Waals surface area contributed by atoms with Crippen molar-refractivity contribution in [2.24, 2.45) is 0 Å². The molecule has 0 radical (unpaired) electrons. The first-order valence-electron chi connectivity index (χ1n) is 11.6. The van der Waals surface area contributed by atoms with Gasteiger partial charge in [0.25, 0.3) is 0 Å². The van der Waals surface area contributed by atoms with E-state index in [1.165, 1.54) is 5.56 Å². The van der Waals surface area contributed by atoms with E-state index in [-0.39, 0.29) is 18.3 Å². The average Bonchev–Trinajstić information content (AvgIpc) is 2.83. The van der Waals surface area contributed by atoms with Crippen LogP contribution in [0.15, 0.2) is 77.1 Å². The Morgan fingerprint density at radius 2 is 1.73 bits per heavy atom. The molecule has 1 aliphatic carbocycles. The van der Waals surface area contributed by atoms with Crippen molar-refractivity contribution in [3.63, 3.8) is 0 Å². The largest absolute Gasteiger partial charge is 0.460 e. The third-order valence-electron chi connectivity index (χ3n) is 6.56. The fourth-order valence-corrected chi connectivity index (χ4v) is 4.85. The molecule has 2 atom stereocenters. The molecule has 5 heteroatoms. The van der Waals surface area contributed by atoms with Gasteiger partial charge in [-0.1, -0.05) is 61.5 Å². The fourth-order valence-electron chi connectivity index (χ4n) is 4.85. The van der Waals surface area contributed by atoms with E-state index in [9.17, 15) is 9.59 Å². The maximum Gasteiger partial charge on any atom is 0.336 e. The zero-order valence-corrected chi connectivity index (χ0v) is 19.5. The molecule has 5 nitrogen and oxygen atoms in total. The minimum atomic E-state index is -0.438. The van der Waals surface area contributed by atoms with E-state index in [1.807, 2.05) is 37.3 Å². The number of benzene rings is 2. The number of dihydropyridines is 1. The Balaban J connectivity index is 1.74. The number of ether oxygens (including phenoxy) is 2. The molecule has 2 aromatic rings. The highest BCUT2D eigenvalue weighted by atomic mass is 16.6. The van der Waals surface area contributed by atoms with E-state index < -0.39 is 11.9 Å².